The molecular weight excluding hydrogens is 192 g/mol. The van der Waals surface area contributed by atoms with Crippen molar-refractivity contribution in [3.63, 3.8) is 0 Å². The Morgan fingerprint density at radius 3 is 2.20 bits per heavy atom. The zero-order valence-corrected chi connectivity index (χ0v) is 8.68. The highest BCUT2D eigenvalue weighted by Gasteiger charge is 1.82. The van der Waals surface area contributed by atoms with Gasteiger partial charge in [0.15, 0.2) is 0 Å². The molecule has 1 aromatic carbocycles. The highest BCUT2D eigenvalue weighted by atomic mass is 16.5. The predicted molar refractivity (Wildman–Crippen MR) is 59.5 cm³/mol. The Morgan fingerprint density at radius 1 is 1.27 bits per heavy atom. The minimum Gasteiger partial charge on any atom is -0.466 e. The number of para-hydroxylation sites is 1. The van der Waals surface area contributed by atoms with Crippen LogP contribution in [-0.2, 0) is 9.53 Å². The molecule has 0 aliphatic rings. The van der Waals surface area contributed by atoms with Gasteiger partial charge < -0.3 is 9.47 Å². The van der Waals surface area contributed by atoms with Crippen LogP contribution in [0.4, 0.5) is 0 Å². The zero-order chi connectivity index (χ0) is 11.5. The quantitative estimate of drug-likeness (QED) is 0.433. The van der Waals surface area contributed by atoms with Gasteiger partial charge in [-0.3, -0.25) is 0 Å². The second kappa shape index (κ2) is 8.56. The summed E-state index contributed by atoms with van der Waals surface area (Å²) >= 11 is 0. The molecule has 0 saturated heterocycles. The first kappa shape index (κ1) is 13.0. The molecule has 0 atom stereocenters. The second-order valence-corrected chi connectivity index (χ2v) is 2.32. The van der Waals surface area contributed by atoms with E-state index in [4.69, 9.17) is 4.74 Å². The van der Waals surface area contributed by atoms with E-state index < -0.39 is 5.97 Å². The lowest BCUT2D eigenvalue weighted by Gasteiger charge is -1.95. The van der Waals surface area contributed by atoms with Crippen molar-refractivity contribution >= 4 is 5.97 Å². The van der Waals surface area contributed by atoms with Crippen LogP contribution in [0.5, 0.6) is 5.75 Å². The molecule has 3 nitrogen and oxygen atoms in total. The zero-order valence-electron chi connectivity index (χ0n) is 8.68. The smallest absolute Gasteiger partial charge is 0.329 e. The van der Waals surface area contributed by atoms with E-state index in [2.05, 4.69) is 17.9 Å². The Bertz CT molecular complexity index is 304. The van der Waals surface area contributed by atoms with Gasteiger partial charge in [0.05, 0.1) is 13.4 Å². The summed E-state index contributed by atoms with van der Waals surface area (Å²) in [6, 6.07) is 9.52. The molecule has 1 rings (SSSR count). The van der Waals surface area contributed by atoms with E-state index in [1.54, 1.807) is 0 Å². The standard InChI is InChI=1S/C8H8O.C4H6O2/c1-2-9-8-6-4-3-5-7-8;1-3-4(5)6-2/h2-7H,1H2;3H,1H2,2H3. The minimum atomic E-state index is -0.394. The minimum absolute atomic E-state index is 0.394. The molecule has 80 valence electrons. The van der Waals surface area contributed by atoms with Crippen LogP contribution in [0, 0.1) is 0 Å². The first-order valence-corrected chi connectivity index (χ1v) is 4.27. The van der Waals surface area contributed by atoms with E-state index >= 15 is 0 Å². The monoisotopic (exact) mass is 206 g/mol. The van der Waals surface area contributed by atoms with Crippen LogP contribution < -0.4 is 4.74 Å². The summed E-state index contributed by atoms with van der Waals surface area (Å²) in [5, 5.41) is 0. The molecule has 0 aromatic heterocycles. The molecule has 0 unspecified atom stereocenters. The summed E-state index contributed by atoms with van der Waals surface area (Å²) < 4.78 is 9.11. The summed E-state index contributed by atoms with van der Waals surface area (Å²) in [6.45, 7) is 6.59. The number of carbonyl (C=O) groups is 1. The van der Waals surface area contributed by atoms with E-state index in [1.165, 1.54) is 13.4 Å². The molecule has 0 aliphatic heterocycles. The average Bonchev–Trinajstić information content (AvgIpc) is 2.31. The molecule has 1 aromatic rings. The van der Waals surface area contributed by atoms with Gasteiger partial charge in [0.2, 0.25) is 0 Å². The lowest BCUT2D eigenvalue weighted by molar-refractivity contribution is -0.134. The number of esters is 1. The number of methoxy groups -OCH3 is 1. The summed E-state index contributed by atoms with van der Waals surface area (Å²) in [7, 11) is 1.31. The fourth-order valence-electron chi connectivity index (χ4n) is 0.679. The Hall–Kier alpha value is -2.03. The Labute approximate surface area is 89.6 Å². The van der Waals surface area contributed by atoms with Gasteiger partial charge in [-0.05, 0) is 12.1 Å². The molecule has 0 fully saturated rings. The van der Waals surface area contributed by atoms with Crippen LogP contribution in [0.1, 0.15) is 0 Å². The van der Waals surface area contributed by atoms with E-state index in [0.29, 0.717) is 0 Å². The van der Waals surface area contributed by atoms with Gasteiger partial charge in [-0.1, -0.05) is 31.4 Å². The summed E-state index contributed by atoms with van der Waals surface area (Å²) in [5.41, 5.74) is 0. The molecule has 3 heteroatoms. The van der Waals surface area contributed by atoms with Crippen LogP contribution in [0.2, 0.25) is 0 Å². The number of hydrogen-bond acceptors (Lipinski definition) is 3. The highest BCUT2D eigenvalue weighted by Crippen LogP contribution is 2.07. The number of benzene rings is 1. The lowest BCUT2D eigenvalue weighted by atomic mass is 10.3. The number of carbonyl (C=O) groups excluding carboxylic acids is 1. The van der Waals surface area contributed by atoms with E-state index in [9.17, 15) is 4.79 Å². The molecule has 0 bridgehead atoms. The summed E-state index contributed by atoms with van der Waals surface area (Å²) in [4.78, 5) is 9.84. The van der Waals surface area contributed by atoms with Crippen molar-refractivity contribution < 1.29 is 14.3 Å². The van der Waals surface area contributed by atoms with Gasteiger partial charge in [0.1, 0.15) is 5.75 Å². The molecule has 0 amide bonds. The fourth-order valence-corrected chi connectivity index (χ4v) is 0.679. The fraction of sp³-hybridized carbons (Fsp3) is 0.0833. The maximum Gasteiger partial charge on any atom is 0.329 e. The molecule has 0 spiro atoms. The average molecular weight is 206 g/mol. The maximum atomic E-state index is 9.84. The highest BCUT2D eigenvalue weighted by molar-refractivity contribution is 5.80. The largest absolute Gasteiger partial charge is 0.466 e. The topological polar surface area (TPSA) is 35.5 Å². The molecule has 0 aliphatic carbocycles. The number of rotatable bonds is 3. The van der Waals surface area contributed by atoms with Gasteiger partial charge in [-0.2, -0.15) is 0 Å². The summed E-state index contributed by atoms with van der Waals surface area (Å²) in [6.07, 6.45) is 2.52. The third-order valence-corrected chi connectivity index (χ3v) is 1.33. The number of ether oxygens (including phenoxy) is 2. The third kappa shape index (κ3) is 7.07. The first-order valence-electron chi connectivity index (χ1n) is 4.27. The molecule has 0 radical (unpaired) electrons. The normalized spacial score (nSPS) is 7.80. The van der Waals surface area contributed by atoms with Crippen molar-refractivity contribution in [3.05, 3.63) is 55.8 Å². The van der Waals surface area contributed by atoms with Crippen LogP contribution >= 0.6 is 0 Å². The van der Waals surface area contributed by atoms with Crippen LogP contribution in [0.25, 0.3) is 0 Å². The number of hydrogen-bond donors (Lipinski definition) is 0. The summed E-state index contributed by atoms with van der Waals surface area (Å²) in [5.74, 6) is 0.433. The molecule has 0 heterocycles. The van der Waals surface area contributed by atoms with Gasteiger partial charge in [0, 0.05) is 6.08 Å². The van der Waals surface area contributed by atoms with E-state index in [-0.39, 0.29) is 0 Å². The molecule has 0 saturated carbocycles. The van der Waals surface area contributed by atoms with Crippen LogP contribution in [0.3, 0.4) is 0 Å². The second-order valence-electron chi connectivity index (χ2n) is 2.32. The van der Waals surface area contributed by atoms with Crippen LogP contribution in [-0.4, -0.2) is 13.1 Å². The maximum absolute atomic E-state index is 9.84. The SMILES string of the molecule is C=CC(=O)OC.C=COc1ccccc1. The lowest BCUT2D eigenvalue weighted by Crippen LogP contribution is -1.91. The van der Waals surface area contributed by atoms with Crippen molar-refractivity contribution in [2.75, 3.05) is 7.11 Å². The Kier molecular flexibility index (Phi) is 7.40. The van der Waals surface area contributed by atoms with Crippen molar-refractivity contribution in [2.24, 2.45) is 0 Å². The van der Waals surface area contributed by atoms with Crippen molar-refractivity contribution in [2.45, 2.75) is 0 Å². The van der Waals surface area contributed by atoms with Gasteiger partial charge in [-0.15, -0.1) is 0 Å². The third-order valence-electron chi connectivity index (χ3n) is 1.33. The van der Waals surface area contributed by atoms with Crippen molar-refractivity contribution in [1.29, 1.82) is 0 Å². The van der Waals surface area contributed by atoms with Crippen LogP contribution in [0.15, 0.2) is 55.8 Å². The van der Waals surface area contributed by atoms with Crippen molar-refractivity contribution in [1.82, 2.24) is 0 Å². The predicted octanol–water partition coefficient (Wildman–Crippen LogP) is 2.55. The van der Waals surface area contributed by atoms with E-state index in [1.807, 2.05) is 30.3 Å². The van der Waals surface area contributed by atoms with Crippen molar-refractivity contribution in [3.8, 4) is 5.75 Å². The Balaban J connectivity index is 0.000000288. The molecular formula is C12H14O3. The molecule has 0 N–H and O–H groups in total. The van der Waals surface area contributed by atoms with Gasteiger partial charge >= 0.3 is 5.97 Å². The van der Waals surface area contributed by atoms with Gasteiger partial charge in [-0.25, -0.2) is 4.79 Å². The Morgan fingerprint density at radius 2 is 1.87 bits per heavy atom. The molecule has 15 heavy (non-hydrogen) atoms. The van der Waals surface area contributed by atoms with Gasteiger partial charge in [0.25, 0.3) is 0 Å². The van der Waals surface area contributed by atoms with E-state index in [0.717, 1.165) is 11.8 Å². The first-order chi connectivity index (χ1) is 7.24.